The maximum atomic E-state index is 8.85. The van der Waals surface area contributed by atoms with Crippen LogP contribution < -0.4 is 10.6 Å². The maximum absolute atomic E-state index is 8.85. The number of hydrogen-bond acceptors (Lipinski definition) is 2. The van der Waals surface area contributed by atoms with Crippen molar-refractivity contribution >= 4 is 29.9 Å². The van der Waals surface area contributed by atoms with Crippen LogP contribution in [0.3, 0.4) is 0 Å². The highest BCUT2D eigenvalue weighted by Crippen LogP contribution is 2.06. The first-order chi connectivity index (χ1) is 12.2. The van der Waals surface area contributed by atoms with Gasteiger partial charge in [0, 0.05) is 12.6 Å². The molecule has 0 aliphatic heterocycles. The summed E-state index contributed by atoms with van der Waals surface area (Å²) < 4.78 is 0. The van der Waals surface area contributed by atoms with E-state index in [1.165, 1.54) is 5.56 Å². The van der Waals surface area contributed by atoms with Gasteiger partial charge in [-0.3, -0.25) is 0 Å². The molecule has 2 N–H and O–H groups in total. The first kappa shape index (κ1) is 22.0. The lowest BCUT2D eigenvalue weighted by Gasteiger charge is -2.18. The van der Waals surface area contributed by atoms with Crippen molar-refractivity contribution in [2.45, 2.75) is 39.3 Å². The molecule has 0 aliphatic carbocycles. The van der Waals surface area contributed by atoms with Crippen LogP contribution in [0.4, 0.5) is 0 Å². The number of nitrogens with zero attached hydrogens (tertiary/aromatic N) is 2. The molecular formula is C21H27IN4. The number of nitriles is 1. The number of aryl methyl sites for hydroxylation is 1. The first-order valence-electron chi connectivity index (χ1n) is 8.79. The standard InChI is InChI=1S/C21H26N4.HI/c1-3-23-21(24-16-20-13-11-19(15-22)12-14-20)25-17(2)9-10-18-7-5-4-6-8-18;/h4-8,11-14,17H,3,9-10,16H2,1-2H3,(H2,23,24,25);1H. The lowest BCUT2D eigenvalue weighted by molar-refractivity contribution is 0.593. The summed E-state index contributed by atoms with van der Waals surface area (Å²) in [5.41, 5.74) is 3.12. The maximum Gasteiger partial charge on any atom is 0.191 e. The molecule has 2 aromatic carbocycles. The molecule has 2 rings (SSSR count). The lowest BCUT2D eigenvalue weighted by atomic mass is 10.1. The quantitative estimate of drug-likeness (QED) is 0.368. The minimum absolute atomic E-state index is 0. The summed E-state index contributed by atoms with van der Waals surface area (Å²) in [5, 5.41) is 15.6. The van der Waals surface area contributed by atoms with E-state index in [0.29, 0.717) is 18.2 Å². The number of nitrogens with one attached hydrogen (secondary N) is 2. The molecule has 0 saturated heterocycles. The van der Waals surface area contributed by atoms with Gasteiger partial charge in [0.1, 0.15) is 0 Å². The van der Waals surface area contributed by atoms with E-state index >= 15 is 0 Å². The Labute approximate surface area is 173 Å². The Morgan fingerprint density at radius 1 is 1.08 bits per heavy atom. The number of aliphatic imine (C=N–C) groups is 1. The third-order valence-corrected chi connectivity index (χ3v) is 3.94. The zero-order valence-corrected chi connectivity index (χ0v) is 17.7. The molecule has 0 heterocycles. The van der Waals surface area contributed by atoms with Crippen LogP contribution in [0.2, 0.25) is 0 Å². The van der Waals surface area contributed by atoms with E-state index in [1.54, 1.807) is 0 Å². The van der Waals surface area contributed by atoms with Crippen molar-refractivity contribution in [2.75, 3.05) is 6.54 Å². The van der Waals surface area contributed by atoms with Crippen molar-refractivity contribution in [3.8, 4) is 6.07 Å². The molecule has 0 amide bonds. The van der Waals surface area contributed by atoms with Gasteiger partial charge in [0.15, 0.2) is 5.96 Å². The average molecular weight is 462 g/mol. The summed E-state index contributed by atoms with van der Waals surface area (Å²) in [5.74, 6) is 0.826. The topological polar surface area (TPSA) is 60.2 Å². The van der Waals surface area contributed by atoms with Gasteiger partial charge in [0.25, 0.3) is 0 Å². The number of guanidine groups is 1. The Morgan fingerprint density at radius 2 is 1.77 bits per heavy atom. The van der Waals surface area contributed by atoms with Crippen molar-refractivity contribution in [3.05, 3.63) is 71.3 Å². The van der Waals surface area contributed by atoms with Crippen LogP contribution in [0.1, 0.15) is 37.0 Å². The van der Waals surface area contributed by atoms with Gasteiger partial charge < -0.3 is 10.6 Å². The van der Waals surface area contributed by atoms with Crippen molar-refractivity contribution in [2.24, 2.45) is 4.99 Å². The first-order valence-corrected chi connectivity index (χ1v) is 8.79. The van der Waals surface area contributed by atoms with Gasteiger partial charge in [-0.1, -0.05) is 42.5 Å². The molecule has 0 radical (unpaired) electrons. The Kier molecular flexibility index (Phi) is 10.4. The molecule has 0 saturated carbocycles. The fourth-order valence-electron chi connectivity index (χ4n) is 2.51. The smallest absolute Gasteiger partial charge is 0.191 e. The largest absolute Gasteiger partial charge is 0.357 e. The van der Waals surface area contributed by atoms with E-state index in [-0.39, 0.29) is 24.0 Å². The summed E-state index contributed by atoms with van der Waals surface area (Å²) in [6.45, 7) is 5.65. The van der Waals surface area contributed by atoms with Gasteiger partial charge in [-0.15, -0.1) is 24.0 Å². The number of benzene rings is 2. The van der Waals surface area contributed by atoms with Crippen LogP contribution in [0.15, 0.2) is 59.6 Å². The summed E-state index contributed by atoms with van der Waals surface area (Å²) in [4.78, 5) is 4.65. The predicted molar refractivity (Wildman–Crippen MR) is 119 cm³/mol. The normalized spacial score (nSPS) is 11.8. The van der Waals surface area contributed by atoms with E-state index in [4.69, 9.17) is 5.26 Å². The summed E-state index contributed by atoms with van der Waals surface area (Å²) >= 11 is 0. The number of hydrogen-bond donors (Lipinski definition) is 2. The van der Waals surface area contributed by atoms with Crippen LogP contribution in [0, 0.1) is 11.3 Å². The van der Waals surface area contributed by atoms with Crippen LogP contribution in [0.25, 0.3) is 0 Å². The van der Waals surface area contributed by atoms with Crippen LogP contribution in [-0.4, -0.2) is 18.5 Å². The van der Waals surface area contributed by atoms with Gasteiger partial charge in [-0.25, -0.2) is 4.99 Å². The molecule has 5 heteroatoms. The number of halogens is 1. The SMILES string of the molecule is CCNC(=NCc1ccc(C#N)cc1)NC(C)CCc1ccccc1.I. The monoisotopic (exact) mass is 462 g/mol. The molecule has 0 bridgehead atoms. The van der Waals surface area contributed by atoms with E-state index < -0.39 is 0 Å². The fourth-order valence-corrected chi connectivity index (χ4v) is 2.51. The summed E-state index contributed by atoms with van der Waals surface area (Å²) in [6.07, 6.45) is 2.09. The zero-order valence-electron chi connectivity index (χ0n) is 15.4. The molecule has 0 fully saturated rings. The Bertz CT molecular complexity index is 705. The van der Waals surface area contributed by atoms with E-state index in [1.807, 2.05) is 30.3 Å². The fraction of sp³-hybridized carbons (Fsp3) is 0.333. The predicted octanol–water partition coefficient (Wildman–Crippen LogP) is 4.25. The molecule has 4 nitrogen and oxygen atoms in total. The highest BCUT2D eigenvalue weighted by molar-refractivity contribution is 14.0. The molecule has 0 aromatic heterocycles. The second kappa shape index (κ2) is 12.3. The highest BCUT2D eigenvalue weighted by atomic mass is 127. The molecular weight excluding hydrogens is 435 g/mol. The van der Waals surface area contributed by atoms with Gasteiger partial charge >= 0.3 is 0 Å². The summed E-state index contributed by atoms with van der Waals surface area (Å²) in [6, 6.07) is 20.5. The third kappa shape index (κ3) is 7.87. The molecule has 0 spiro atoms. The van der Waals surface area contributed by atoms with Crippen molar-refractivity contribution in [1.82, 2.24) is 10.6 Å². The second-order valence-corrected chi connectivity index (χ2v) is 6.07. The van der Waals surface area contributed by atoms with Gasteiger partial charge in [0.2, 0.25) is 0 Å². The molecule has 138 valence electrons. The Balaban J connectivity index is 0.00000338. The van der Waals surface area contributed by atoms with E-state index in [9.17, 15) is 0 Å². The molecule has 26 heavy (non-hydrogen) atoms. The number of rotatable bonds is 7. The minimum Gasteiger partial charge on any atom is -0.357 e. The van der Waals surface area contributed by atoms with E-state index in [0.717, 1.165) is 30.9 Å². The Morgan fingerprint density at radius 3 is 2.38 bits per heavy atom. The van der Waals surface area contributed by atoms with Crippen molar-refractivity contribution in [1.29, 1.82) is 5.26 Å². The zero-order chi connectivity index (χ0) is 17.9. The molecule has 2 aromatic rings. The van der Waals surface area contributed by atoms with Crippen molar-refractivity contribution in [3.63, 3.8) is 0 Å². The van der Waals surface area contributed by atoms with Crippen LogP contribution in [0.5, 0.6) is 0 Å². The van der Waals surface area contributed by atoms with Gasteiger partial charge in [-0.05, 0) is 49.9 Å². The van der Waals surface area contributed by atoms with Gasteiger partial charge in [0.05, 0.1) is 18.2 Å². The van der Waals surface area contributed by atoms with Gasteiger partial charge in [-0.2, -0.15) is 5.26 Å². The minimum atomic E-state index is 0. The summed E-state index contributed by atoms with van der Waals surface area (Å²) in [7, 11) is 0. The molecule has 0 aliphatic rings. The van der Waals surface area contributed by atoms with E-state index in [2.05, 4.69) is 59.8 Å². The average Bonchev–Trinajstić information content (AvgIpc) is 2.66. The Hall–Kier alpha value is -2.07. The van der Waals surface area contributed by atoms with Crippen molar-refractivity contribution < 1.29 is 0 Å². The molecule has 1 unspecified atom stereocenters. The van der Waals surface area contributed by atoms with Crippen LogP contribution >= 0.6 is 24.0 Å². The highest BCUT2D eigenvalue weighted by Gasteiger charge is 2.05. The third-order valence-electron chi connectivity index (χ3n) is 3.94. The molecule has 1 atom stereocenters. The second-order valence-electron chi connectivity index (χ2n) is 6.07. The lowest BCUT2D eigenvalue weighted by Crippen LogP contribution is -2.42. The van der Waals surface area contributed by atoms with Crippen LogP contribution in [-0.2, 0) is 13.0 Å².